The van der Waals surface area contributed by atoms with E-state index >= 15 is 0 Å². The summed E-state index contributed by atoms with van der Waals surface area (Å²) in [5.74, 6) is 1.11. The average Bonchev–Trinajstić information content (AvgIpc) is 3.36. The van der Waals surface area contributed by atoms with E-state index in [4.69, 9.17) is 17.3 Å². The molecule has 1 unspecified atom stereocenters. The zero-order valence-electron chi connectivity index (χ0n) is 15.8. The molecule has 0 aromatic carbocycles. The molecule has 4 heterocycles. The second-order valence-corrected chi connectivity index (χ2v) is 8.49. The zero-order chi connectivity index (χ0) is 18.2. The summed E-state index contributed by atoms with van der Waals surface area (Å²) in [6.45, 7) is 4.09. The molecule has 6 nitrogen and oxygen atoms in total. The third-order valence-electron chi connectivity index (χ3n) is 6.15. The molecular formula is C20H28N6S. The first-order valence-electron chi connectivity index (χ1n) is 10.4. The van der Waals surface area contributed by atoms with Crippen LogP contribution in [0.25, 0.3) is 0 Å². The molecule has 144 valence electrons. The number of anilines is 1. The fourth-order valence-electron chi connectivity index (χ4n) is 4.58. The monoisotopic (exact) mass is 384 g/mol. The third kappa shape index (κ3) is 3.43. The lowest BCUT2D eigenvalue weighted by Gasteiger charge is -2.27. The summed E-state index contributed by atoms with van der Waals surface area (Å²) in [5, 5.41) is 5.03. The van der Waals surface area contributed by atoms with Crippen molar-refractivity contribution in [3.8, 4) is 0 Å². The van der Waals surface area contributed by atoms with E-state index in [-0.39, 0.29) is 0 Å². The molecule has 0 N–H and O–H groups in total. The Hall–Kier alpha value is -1.73. The molecule has 2 saturated heterocycles. The quantitative estimate of drug-likeness (QED) is 0.731. The molecule has 5 rings (SSSR count). The number of aromatic nitrogens is 4. The number of hydrogen-bond acceptors (Lipinski definition) is 5. The highest BCUT2D eigenvalue weighted by Crippen LogP contribution is 2.39. The maximum atomic E-state index is 5.89. The fourth-order valence-corrected chi connectivity index (χ4v) is 4.91. The number of nitrogens with zero attached hydrogens (tertiary/aromatic N) is 6. The summed E-state index contributed by atoms with van der Waals surface area (Å²) in [4.78, 5) is 9.28. The first kappa shape index (κ1) is 17.4. The molecule has 27 heavy (non-hydrogen) atoms. The predicted octanol–water partition coefficient (Wildman–Crippen LogP) is 3.93. The van der Waals surface area contributed by atoms with Crippen molar-refractivity contribution < 1.29 is 0 Å². The zero-order valence-corrected chi connectivity index (χ0v) is 16.7. The van der Waals surface area contributed by atoms with E-state index in [9.17, 15) is 0 Å². The highest BCUT2D eigenvalue weighted by molar-refractivity contribution is 7.71. The second-order valence-electron chi connectivity index (χ2n) is 8.13. The van der Waals surface area contributed by atoms with Crippen LogP contribution in [-0.4, -0.2) is 43.9 Å². The second kappa shape index (κ2) is 7.36. The standard InChI is InChI=1S/C20H28N6S/c27-20-25(15-24-13-5-7-18(24)16-6-4-10-21-14-16)22-19(26(20)17-8-9-17)23-11-2-1-3-12-23/h4,6,10,14,17-18H,1-3,5,7-9,11-13,15H2. The number of pyridine rings is 1. The van der Waals surface area contributed by atoms with Gasteiger partial charge in [0.15, 0.2) is 0 Å². The number of piperidine rings is 1. The van der Waals surface area contributed by atoms with E-state index in [0.717, 1.165) is 37.0 Å². The van der Waals surface area contributed by atoms with Gasteiger partial charge in [-0.1, -0.05) is 6.07 Å². The van der Waals surface area contributed by atoms with Gasteiger partial charge in [0.1, 0.15) is 0 Å². The molecule has 3 fully saturated rings. The van der Waals surface area contributed by atoms with E-state index in [1.807, 2.05) is 18.5 Å². The van der Waals surface area contributed by atoms with Crippen molar-refractivity contribution in [2.24, 2.45) is 0 Å². The number of rotatable bonds is 5. The van der Waals surface area contributed by atoms with Gasteiger partial charge >= 0.3 is 0 Å². The van der Waals surface area contributed by atoms with Crippen LogP contribution in [0.3, 0.4) is 0 Å². The molecule has 2 aromatic rings. The Bertz CT molecular complexity index is 834. The van der Waals surface area contributed by atoms with Gasteiger partial charge in [-0.3, -0.25) is 14.5 Å². The Morgan fingerprint density at radius 3 is 2.63 bits per heavy atom. The Morgan fingerprint density at radius 2 is 1.89 bits per heavy atom. The topological polar surface area (TPSA) is 42.1 Å². The Balaban J connectivity index is 1.42. The van der Waals surface area contributed by atoms with Crippen LogP contribution in [0.15, 0.2) is 24.5 Å². The van der Waals surface area contributed by atoms with E-state index < -0.39 is 0 Å². The van der Waals surface area contributed by atoms with Gasteiger partial charge in [0, 0.05) is 44.1 Å². The van der Waals surface area contributed by atoms with E-state index in [0.29, 0.717) is 12.1 Å². The van der Waals surface area contributed by atoms with E-state index in [1.165, 1.54) is 50.5 Å². The van der Waals surface area contributed by atoms with Gasteiger partial charge in [-0.05, 0) is 68.8 Å². The lowest BCUT2D eigenvalue weighted by molar-refractivity contribution is 0.189. The molecule has 3 aliphatic rings. The van der Waals surface area contributed by atoms with Gasteiger partial charge in [-0.15, -0.1) is 5.10 Å². The Labute approximate surface area is 165 Å². The highest BCUT2D eigenvalue weighted by Gasteiger charge is 2.32. The van der Waals surface area contributed by atoms with E-state index in [1.54, 1.807) is 0 Å². The van der Waals surface area contributed by atoms with Gasteiger partial charge in [-0.2, -0.15) is 0 Å². The maximum absolute atomic E-state index is 5.89. The first-order valence-corrected chi connectivity index (χ1v) is 10.8. The molecule has 0 amide bonds. The molecule has 2 aromatic heterocycles. The SMILES string of the molecule is S=c1n(CN2CCCC2c2cccnc2)nc(N2CCCCC2)n1C1CC1. The molecule has 0 spiro atoms. The van der Waals surface area contributed by atoms with Crippen LogP contribution in [0.2, 0.25) is 0 Å². The summed E-state index contributed by atoms with van der Waals surface area (Å²) in [7, 11) is 0. The summed E-state index contributed by atoms with van der Waals surface area (Å²) < 4.78 is 5.32. The van der Waals surface area contributed by atoms with Crippen molar-refractivity contribution in [2.75, 3.05) is 24.5 Å². The van der Waals surface area contributed by atoms with Crippen LogP contribution in [0.4, 0.5) is 5.95 Å². The summed E-state index contributed by atoms with van der Waals surface area (Å²) in [6, 6.07) is 5.21. The van der Waals surface area contributed by atoms with Crippen LogP contribution in [0, 0.1) is 4.77 Å². The minimum absolute atomic E-state index is 0.421. The third-order valence-corrected chi connectivity index (χ3v) is 6.56. The normalized spacial score (nSPS) is 23.9. The molecule has 0 radical (unpaired) electrons. The molecule has 1 saturated carbocycles. The molecule has 1 aliphatic carbocycles. The highest BCUT2D eigenvalue weighted by atomic mass is 32.1. The maximum Gasteiger partial charge on any atom is 0.226 e. The Kier molecular flexibility index (Phi) is 4.73. The molecule has 7 heteroatoms. The number of hydrogen-bond donors (Lipinski definition) is 0. The van der Waals surface area contributed by atoms with Crippen molar-refractivity contribution >= 4 is 18.2 Å². The van der Waals surface area contributed by atoms with Crippen LogP contribution < -0.4 is 4.90 Å². The predicted molar refractivity (Wildman–Crippen MR) is 108 cm³/mol. The largest absolute Gasteiger partial charge is 0.341 e. The van der Waals surface area contributed by atoms with Crippen LogP contribution >= 0.6 is 12.2 Å². The molecular weight excluding hydrogens is 356 g/mol. The molecule has 0 bridgehead atoms. The van der Waals surface area contributed by atoms with Crippen molar-refractivity contribution in [1.29, 1.82) is 0 Å². The number of likely N-dealkylation sites (tertiary alicyclic amines) is 1. The van der Waals surface area contributed by atoms with Gasteiger partial charge in [-0.25, -0.2) is 4.68 Å². The van der Waals surface area contributed by atoms with Gasteiger partial charge in [0.05, 0.1) is 6.67 Å². The van der Waals surface area contributed by atoms with Crippen molar-refractivity contribution in [3.05, 3.63) is 34.9 Å². The summed E-state index contributed by atoms with van der Waals surface area (Å²) in [6.07, 6.45) is 12.6. The van der Waals surface area contributed by atoms with Crippen molar-refractivity contribution in [3.63, 3.8) is 0 Å². The molecule has 1 atom stereocenters. The lowest BCUT2D eigenvalue weighted by Crippen LogP contribution is -2.32. The van der Waals surface area contributed by atoms with Crippen molar-refractivity contribution in [1.82, 2.24) is 24.2 Å². The lowest BCUT2D eigenvalue weighted by atomic mass is 10.1. The van der Waals surface area contributed by atoms with Crippen LogP contribution in [0.5, 0.6) is 0 Å². The van der Waals surface area contributed by atoms with Crippen LogP contribution in [-0.2, 0) is 6.67 Å². The smallest absolute Gasteiger partial charge is 0.226 e. The summed E-state index contributed by atoms with van der Waals surface area (Å²) >= 11 is 5.89. The minimum atomic E-state index is 0.421. The molecule has 2 aliphatic heterocycles. The summed E-state index contributed by atoms with van der Waals surface area (Å²) in [5.41, 5.74) is 1.30. The van der Waals surface area contributed by atoms with Gasteiger partial charge in [0.25, 0.3) is 0 Å². The van der Waals surface area contributed by atoms with E-state index in [2.05, 4.69) is 30.1 Å². The van der Waals surface area contributed by atoms with Gasteiger partial charge < -0.3 is 4.90 Å². The average molecular weight is 385 g/mol. The van der Waals surface area contributed by atoms with Crippen LogP contribution in [0.1, 0.15) is 62.6 Å². The first-order chi connectivity index (χ1) is 13.3. The minimum Gasteiger partial charge on any atom is -0.341 e. The Morgan fingerprint density at radius 1 is 1.04 bits per heavy atom. The van der Waals surface area contributed by atoms with Crippen molar-refractivity contribution in [2.45, 2.75) is 63.7 Å². The van der Waals surface area contributed by atoms with Gasteiger partial charge in [0.2, 0.25) is 10.7 Å². The fraction of sp³-hybridized carbons (Fsp3) is 0.650.